The number of ether oxygens (including phenoxy) is 1. The molecule has 1 rings (SSSR count). The minimum Gasteiger partial charge on any atom is -0.383 e. The summed E-state index contributed by atoms with van der Waals surface area (Å²) in [6.07, 6.45) is 0. The Kier molecular flexibility index (Phi) is 5.69. The SMILES string of the molecule is COCC(Cl)CNC(C)c1ccccc1. The van der Waals surface area contributed by atoms with Gasteiger partial charge in [-0.25, -0.2) is 0 Å². The van der Waals surface area contributed by atoms with Crippen LogP contribution in [0.4, 0.5) is 0 Å². The van der Waals surface area contributed by atoms with E-state index in [1.165, 1.54) is 5.56 Å². The Morgan fingerprint density at radius 1 is 1.33 bits per heavy atom. The molecule has 0 aromatic heterocycles. The van der Waals surface area contributed by atoms with Crippen molar-refractivity contribution in [1.29, 1.82) is 0 Å². The van der Waals surface area contributed by atoms with Crippen LogP contribution in [-0.4, -0.2) is 25.6 Å². The van der Waals surface area contributed by atoms with Gasteiger partial charge >= 0.3 is 0 Å². The third-order valence-electron chi connectivity index (χ3n) is 2.29. The summed E-state index contributed by atoms with van der Waals surface area (Å²) in [4.78, 5) is 0. The van der Waals surface area contributed by atoms with Crippen LogP contribution in [0.15, 0.2) is 30.3 Å². The van der Waals surface area contributed by atoms with Crippen molar-refractivity contribution in [3.8, 4) is 0 Å². The van der Waals surface area contributed by atoms with Gasteiger partial charge in [0.05, 0.1) is 12.0 Å². The van der Waals surface area contributed by atoms with E-state index in [1.807, 2.05) is 18.2 Å². The lowest BCUT2D eigenvalue weighted by molar-refractivity contribution is 0.196. The molecule has 0 fully saturated rings. The van der Waals surface area contributed by atoms with Crippen molar-refractivity contribution >= 4 is 11.6 Å². The molecule has 15 heavy (non-hydrogen) atoms. The second-order valence-corrected chi connectivity index (χ2v) is 4.21. The lowest BCUT2D eigenvalue weighted by atomic mass is 10.1. The molecule has 0 aliphatic rings. The number of rotatable bonds is 6. The fourth-order valence-corrected chi connectivity index (χ4v) is 1.62. The molecule has 1 N–H and O–H groups in total. The van der Waals surface area contributed by atoms with Crippen LogP contribution in [0.1, 0.15) is 18.5 Å². The van der Waals surface area contributed by atoms with Gasteiger partial charge in [-0.1, -0.05) is 30.3 Å². The molecule has 0 amide bonds. The highest BCUT2D eigenvalue weighted by Gasteiger charge is 2.07. The molecule has 1 aromatic rings. The van der Waals surface area contributed by atoms with Crippen LogP contribution >= 0.6 is 11.6 Å². The first-order valence-corrected chi connectivity index (χ1v) is 5.59. The fraction of sp³-hybridized carbons (Fsp3) is 0.500. The first kappa shape index (κ1) is 12.5. The number of alkyl halides is 1. The van der Waals surface area contributed by atoms with E-state index in [9.17, 15) is 0 Å². The van der Waals surface area contributed by atoms with Crippen LogP contribution < -0.4 is 5.32 Å². The zero-order chi connectivity index (χ0) is 11.1. The molecule has 0 saturated carbocycles. The fourth-order valence-electron chi connectivity index (χ4n) is 1.40. The van der Waals surface area contributed by atoms with Crippen molar-refractivity contribution < 1.29 is 4.74 Å². The number of benzene rings is 1. The van der Waals surface area contributed by atoms with Gasteiger partial charge in [0.25, 0.3) is 0 Å². The standard InChI is InChI=1S/C12H18ClNO/c1-10(11-6-4-3-5-7-11)14-8-12(13)9-15-2/h3-7,10,12,14H,8-9H2,1-2H3. The first-order chi connectivity index (χ1) is 7.24. The van der Waals surface area contributed by atoms with Gasteiger partial charge in [0.15, 0.2) is 0 Å². The van der Waals surface area contributed by atoms with Gasteiger partial charge in [-0.05, 0) is 12.5 Å². The van der Waals surface area contributed by atoms with Crippen LogP contribution in [0.2, 0.25) is 0 Å². The van der Waals surface area contributed by atoms with Gasteiger partial charge in [-0.2, -0.15) is 0 Å². The lowest BCUT2D eigenvalue weighted by Crippen LogP contribution is -2.28. The van der Waals surface area contributed by atoms with Gasteiger partial charge in [0.1, 0.15) is 0 Å². The van der Waals surface area contributed by atoms with Crippen molar-refractivity contribution in [1.82, 2.24) is 5.32 Å². The molecular weight excluding hydrogens is 210 g/mol. The van der Waals surface area contributed by atoms with E-state index in [1.54, 1.807) is 7.11 Å². The van der Waals surface area contributed by atoms with Crippen LogP contribution in [-0.2, 0) is 4.74 Å². The molecule has 3 heteroatoms. The summed E-state index contributed by atoms with van der Waals surface area (Å²) in [6, 6.07) is 10.6. The first-order valence-electron chi connectivity index (χ1n) is 5.15. The zero-order valence-electron chi connectivity index (χ0n) is 9.24. The molecule has 0 aliphatic carbocycles. The maximum absolute atomic E-state index is 6.02. The van der Waals surface area contributed by atoms with E-state index < -0.39 is 0 Å². The Balaban J connectivity index is 2.33. The molecule has 2 unspecified atom stereocenters. The summed E-state index contributed by atoms with van der Waals surface area (Å²) < 4.78 is 4.97. The van der Waals surface area contributed by atoms with Gasteiger partial charge < -0.3 is 10.1 Å². The second kappa shape index (κ2) is 6.83. The van der Waals surface area contributed by atoms with Crippen molar-refractivity contribution in [3.63, 3.8) is 0 Å². The molecule has 0 spiro atoms. The lowest BCUT2D eigenvalue weighted by Gasteiger charge is -2.16. The average molecular weight is 228 g/mol. The van der Waals surface area contributed by atoms with Crippen molar-refractivity contribution in [2.75, 3.05) is 20.3 Å². The molecule has 84 valence electrons. The highest BCUT2D eigenvalue weighted by molar-refractivity contribution is 6.20. The Morgan fingerprint density at radius 2 is 2.00 bits per heavy atom. The smallest absolute Gasteiger partial charge is 0.0694 e. The van der Waals surface area contributed by atoms with Crippen molar-refractivity contribution in [3.05, 3.63) is 35.9 Å². The van der Waals surface area contributed by atoms with Gasteiger partial charge in [-0.15, -0.1) is 11.6 Å². The number of hydrogen-bond donors (Lipinski definition) is 1. The maximum Gasteiger partial charge on any atom is 0.0694 e. The van der Waals surface area contributed by atoms with E-state index in [0.717, 1.165) is 6.54 Å². The Hall–Kier alpha value is -0.570. The third kappa shape index (κ3) is 4.65. The zero-order valence-corrected chi connectivity index (χ0v) is 10.00. The Labute approximate surface area is 96.6 Å². The molecule has 0 aliphatic heterocycles. The van der Waals surface area contributed by atoms with Gasteiger partial charge in [0.2, 0.25) is 0 Å². The quantitative estimate of drug-likeness (QED) is 0.755. The van der Waals surface area contributed by atoms with Gasteiger partial charge in [-0.3, -0.25) is 0 Å². The van der Waals surface area contributed by atoms with E-state index in [0.29, 0.717) is 12.6 Å². The normalized spacial score (nSPS) is 14.9. The Bertz CT molecular complexity index is 266. The van der Waals surface area contributed by atoms with Crippen LogP contribution in [0.3, 0.4) is 0 Å². The highest BCUT2D eigenvalue weighted by Crippen LogP contribution is 2.11. The number of methoxy groups -OCH3 is 1. The molecule has 2 atom stereocenters. The summed E-state index contributed by atoms with van der Waals surface area (Å²) in [5.41, 5.74) is 1.28. The topological polar surface area (TPSA) is 21.3 Å². The minimum atomic E-state index is 0.0289. The summed E-state index contributed by atoms with van der Waals surface area (Å²) in [6.45, 7) is 3.47. The second-order valence-electron chi connectivity index (χ2n) is 3.59. The molecule has 2 nitrogen and oxygen atoms in total. The van der Waals surface area contributed by atoms with Crippen molar-refractivity contribution in [2.45, 2.75) is 18.3 Å². The monoisotopic (exact) mass is 227 g/mol. The summed E-state index contributed by atoms with van der Waals surface area (Å²) >= 11 is 6.02. The van der Waals surface area contributed by atoms with Crippen molar-refractivity contribution in [2.24, 2.45) is 0 Å². The van der Waals surface area contributed by atoms with E-state index in [2.05, 4.69) is 24.4 Å². The highest BCUT2D eigenvalue weighted by atomic mass is 35.5. The van der Waals surface area contributed by atoms with E-state index in [-0.39, 0.29) is 5.38 Å². The molecule has 1 aromatic carbocycles. The van der Waals surface area contributed by atoms with Crippen LogP contribution in [0.25, 0.3) is 0 Å². The largest absolute Gasteiger partial charge is 0.383 e. The Morgan fingerprint density at radius 3 is 2.60 bits per heavy atom. The predicted octanol–water partition coefficient (Wildman–Crippen LogP) is 2.59. The minimum absolute atomic E-state index is 0.0289. The number of nitrogens with one attached hydrogen (secondary N) is 1. The van der Waals surface area contributed by atoms with E-state index in [4.69, 9.17) is 16.3 Å². The molecule has 0 bridgehead atoms. The van der Waals surface area contributed by atoms with Gasteiger partial charge in [0, 0.05) is 19.7 Å². The maximum atomic E-state index is 6.02. The summed E-state index contributed by atoms with van der Waals surface area (Å²) in [5.74, 6) is 0. The molecule has 0 radical (unpaired) electrons. The third-order valence-corrected chi connectivity index (χ3v) is 2.57. The van der Waals surface area contributed by atoms with Crippen LogP contribution in [0.5, 0.6) is 0 Å². The number of hydrogen-bond acceptors (Lipinski definition) is 2. The predicted molar refractivity (Wildman–Crippen MR) is 64.4 cm³/mol. The molecule has 0 saturated heterocycles. The summed E-state index contributed by atoms with van der Waals surface area (Å²) in [7, 11) is 1.66. The molecule has 0 heterocycles. The number of halogens is 1. The average Bonchev–Trinajstić information content (AvgIpc) is 2.27. The van der Waals surface area contributed by atoms with Crippen LogP contribution in [0, 0.1) is 0 Å². The van der Waals surface area contributed by atoms with E-state index >= 15 is 0 Å². The summed E-state index contributed by atoms with van der Waals surface area (Å²) in [5, 5.41) is 3.40. The molecular formula is C12H18ClNO.